The average molecular weight is 316 g/mol. The molecule has 0 saturated carbocycles. The number of likely N-dealkylation sites (tertiary alicyclic amines) is 1. The van der Waals surface area contributed by atoms with Crippen molar-refractivity contribution in [1.29, 1.82) is 0 Å². The SMILES string of the molecule is O=C(C1CC=CC1)N1CCC(F)(C(=O)NCc2ccccc2)C1. The zero-order valence-electron chi connectivity index (χ0n) is 13.0. The number of carbonyl (C=O) groups excluding carboxylic acids is 2. The van der Waals surface area contributed by atoms with E-state index in [1.54, 1.807) is 0 Å². The summed E-state index contributed by atoms with van der Waals surface area (Å²) in [6.07, 6.45) is 5.46. The third-order valence-corrected chi connectivity index (χ3v) is 4.59. The van der Waals surface area contributed by atoms with E-state index in [1.165, 1.54) is 4.90 Å². The fourth-order valence-electron chi connectivity index (χ4n) is 3.16. The number of rotatable bonds is 4. The summed E-state index contributed by atoms with van der Waals surface area (Å²) in [6, 6.07) is 9.39. The van der Waals surface area contributed by atoms with E-state index in [1.807, 2.05) is 42.5 Å². The first-order valence-electron chi connectivity index (χ1n) is 8.03. The van der Waals surface area contributed by atoms with Gasteiger partial charge in [-0.1, -0.05) is 42.5 Å². The van der Waals surface area contributed by atoms with Crippen molar-refractivity contribution in [3.05, 3.63) is 48.0 Å². The lowest BCUT2D eigenvalue weighted by atomic mass is 10.0. The number of halogens is 1. The number of carbonyl (C=O) groups is 2. The Balaban J connectivity index is 1.55. The Labute approximate surface area is 135 Å². The predicted molar refractivity (Wildman–Crippen MR) is 85.2 cm³/mol. The standard InChI is InChI=1S/C18H21FN2O2/c19-18(17(23)20-12-14-6-2-1-3-7-14)10-11-21(13-18)16(22)15-8-4-5-9-15/h1-7,15H,8-13H2,(H,20,23). The third-order valence-electron chi connectivity index (χ3n) is 4.59. The van der Waals surface area contributed by atoms with Gasteiger partial charge >= 0.3 is 0 Å². The van der Waals surface area contributed by atoms with Crippen molar-refractivity contribution < 1.29 is 14.0 Å². The molecule has 0 spiro atoms. The van der Waals surface area contributed by atoms with Crippen LogP contribution in [-0.4, -0.2) is 35.5 Å². The summed E-state index contributed by atoms with van der Waals surface area (Å²) in [5, 5.41) is 2.65. The van der Waals surface area contributed by atoms with Crippen molar-refractivity contribution in [2.45, 2.75) is 31.5 Å². The molecule has 1 atom stereocenters. The molecule has 4 nitrogen and oxygen atoms in total. The van der Waals surface area contributed by atoms with Gasteiger partial charge in [-0.25, -0.2) is 4.39 Å². The second kappa shape index (κ2) is 6.52. The second-order valence-electron chi connectivity index (χ2n) is 6.28. The molecular weight excluding hydrogens is 295 g/mol. The fraction of sp³-hybridized carbons (Fsp3) is 0.444. The molecule has 2 amide bonds. The molecule has 1 aliphatic carbocycles. The molecule has 1 aromatic carbocycles. The lowest BCUT2D eigenvalue weighted by Crippen LogP contribution is -2.46. The first-order valence-corrected chi connectivity index (χ1v) is 8.03. The van der Waals surface area contributed by atoms with Gasteiger partial charge in [-0.05, 0) is 18.4 Å². The fourth-order valence-corrected chi connectivity index (χ4v) is 3.16. The smallest absolute Gasteiger partial charge is 0.259 e. The number of alkyl halides is 1. The van der Waals surface area contributed by atoms with Gasteiger partial charge in [0.1, 0.15) is 0 Å². The van der Waals surface area contributed by atoms with Gasteiger partial charge in [0.25, 0.3) is 5.91 Å². The van der Waals surface area contributed by atoms with Crippen LogP contribution in [0.2, 0.25) is 0 Å². The monoisotopic (exact) mass is 316 g/mol. The molecule has 0 aromatic heterocycles. The van der Waals surface area contributed by atoms with Crippen LogP contribution in [-0.2, 0) is 16.1 Å². The molecule has 1 heterocycles. The number of hydrogen-bond donors (Lipinski definition) is 1. The zero-order valence-corrected chi connectivity index (χ0v) is 13.0. The van der Waals surface area contributed by atoms with Gasteiger partial charge in [0, 0.05) is 25.4 Å². The minimum atomic E-state index is -1.98. The van der Waals surface area contributed by atoms with Crippen molar-refractivity contribution in [2.24, 2.45) is 5.92 Å². The summed E-state index contributed by atoms with van der Waals surface area (Å²) in [4.78, 5) is 26.0. The van der Waals surface area contributed by atoms with E-state index >= 15 is 0 Å². The Morgan fingerprint density at radius 2 is 1.91 bits per heavy atom. The maximum atomic E-state index is 14.9. The highest BCUT2D eigenvalue weighted by Gasteiger charge is 2.47. The summed E-state index contributed by atoms with van der Waals surface area (Å²) in [5.74, 6) is -0.740. The molecule has 1 saturated heterocycles. The minimum absolute atomic E-state index is 0.0367. The van der Waals surface area contributed by atoms with Crippen LogP contribution in [0.25, 0.3) is 0 Å². The van der Waals surface area contributed by atoms with E-state index in [0.717, 1.165) is 18.4 Å². The van der Waals surface area contributed by atoms with Crippen LogP contribution in [0.3, 0.4) is 0 Å². The van der Waals surface area contributed by atoms with Gasteiger partial charge in [0.2, 0.25) is 11.6 Å². The van der Waals surface area contributed by atoms with Gasteiger partial charge < -0.3 is 10.2 Å². The van der Waals surface area contributed by atoms with Gasteiger partial charge in [-0.15, -0.1) is 0 Å². The van der Waals surface area contributed by atoms with Crippen LogP contribution in [0, 0.1) is 5.92 Å². The van der Waals surface area contributed by atoms with Crippen LogP contribution in [0.15, 0.2) is 42.5 Å². The van der Waals surface area contributed by atoms with Gasteiger partial charge in [0.15, 0.2) is 0 Å². The first kappa shape index (κ1) is 15.7. The molecule has 3 rings (SSSR count). The van der Waals surface area contributed by atoms with Crippen molar-refractivity contribution in [3.63, 3.8) is 0 Å². The van der Waals surface area contributed by atoms with E-state index in [9.17, 15) is 14.0 Å². The Morgan fingerprint density at radius 3 is 2.61 bits per heavy atom. The molecule has 1 aromatic rings. The van der Waals surface area contributed by atoms with Crippen molar-refractivity contribution in [1.82, 2.24) is 10.2 Å². The topological polar surface area (TPSA) is 49.4 Å². The molecule has 1 N–H and O–H groups in total. The molecule has 122 valence electrons. The number of nitrogens with zero attached hydrogens (tertiary/aromatic N) is 1. The molecular formula is C18H21FN2O2. The van der Waals surface area contributed by atoms with Crippen LogP contribution < -0.4 is 5.32 Å². The highest BCUT2D eigenvalue weighted by atomic mass is 19.1. The normalized spacial score (nSPS) is 24.1. The summed E-state index contributed by atoms with van der Waals surface area (Å²) in [6.45, 7) is 0.472. The Kier molecular flexibility index (Phi) is 4.46. The number of benzene rings is 1. The van der Waals surface area contributed by atoms with E-state index in [4.69, 9.17) is 0 Å². The van der Waals surface area contributed by atoms with Crippen molar-refractivity contribution in [3.8, 4) is 0 Å². The lowest BCUT2D eigenvalue weighted by Gasteiger charge is -2.22. The zero-order chi connectivity index (χ0) is 16.3. The van der Waals surface area contributed by atoms with Crippen molar-refractivity contribution >= 4 is 11.8 Å². The van der Waals surface area contributed by atoms with E-state index in [2.05, 4.69) is 5.32 Å². The summed E-state index contributed by atoms with van der Waals surface area (Å²) < 4.78 is 14.9. The summed E-state index contributed by atoms with van der Waals surface area (Å²) in [5.41, 5.74) is -1.05. The maximum absolute atomic E-state index is 14.9. The molecule has 2 aliphatic rings. The van der Waals surface area contributed by atoms with E-state index in [0.29, 0.717) is 13.1 Å². The van der Waals surface area contributed by atoms with Crippen LogP contribution in [0.4, 0.5) is 4.39 Å². The summed E-state index contributed by atoms with van der Waals surface area (Å²) in [7, 11) is 0. The number of nitrogens with one attached hydrogen (secondary N) is 1. The Morgan fingerprint density at radius 1 is 1.22 bits per heavy atom. The van der Waals surface area contributed by atoms with Crippen LogP contribution in [0.5, 0.6) is 0 Å². The highest BCUT2D eigenvalue weighted by Crippen LogP contribution is 2.29. The maximum Gasteiger partial charge on any atom is 0.259 e. The van der Waals surface area contributed by atoms with Gasteiger partial charge in [-0.2, -0.15) is 0 Å². The molecule has 1 aliphatic heterocycles. The highest BCUT2D eigenvalue weighted by molar-refractivity contribution is 5.88. The number of amides is 2. The molecule has 5 heteroatoms. The predicted octanol–water partition coefficient (Wildman–Crippen LogP) is 2.21. The number of hydrogen-bond acceptors (Lipinski definition) is 2. The molecule has 1 fully saturated rings. The van der Waals surface area contributed by atoms with E-state index in [-0.39, 0.29) is 24.8 Å². The second-order valence-corrected chi connectivity index (χ2v) is 6.28. The minimum Gasteiger partial charge on any atom is -0.349 e. The average Bonchev–Trinajstić information content (AvgIpc) is 3.23. The van der Waals surface area contributed by atoms with Gasteiger partial charge in [-0.3, -0.25) is 9.59 Å². The summed E-state index contributed by atoms with van der Waals surface area (Å²) >= 11 is 0. The molecule has 0 radical (unpaired) electrons. The third kappa shape index (κ3) is 3.44. The van der Waals surface area contributed by atoms with Crippen LogP contribution >= 0.6 is 0 Å². The molecule has 0 bridgehead atoms. The Bertz CT molecular complexity index is 609. The Hall–Kier alpha value is -2.17. The molecule has 1 unspecified atom stereocenters. The van der Waals surface area contributed by atoms with Gasteiger partial charge in [0.05, 0.1) is 6.54 Å². The van der Waals surface area contributed by atoms with Crippen molar-refractivity contribution in [2.75, 3.05) is 13.1 Å². The quantitative estimate of drug-likeness (QED) is 0.866. The van der Waals surface area contributed by atoms with Crippen LogP contribution in [0.1, 0.15) is 24.8 Å². The lowest BCUT2D eigenvalue weighted by molar-refractivity contribution is -0.136. The number of allylic oxidation sites excluding steroid dienone is 2. The largest absolute Gasteiger partial charge is 0.349 e. The molecule has 23 heavy (non-hydrogen) atoms. The first-order chi connectivity index (χ1) is 11.1. The van der Waals surface area contributed by atoms with E-state index < -0.39 is 11.6 Å².